The predicted molar refractivity (Wildman–Crippen MR) is 95.5 cm³/mol. The first-order chi connectivity index (χ1) is 9.99. The topological polar surface area (TPSA) is 26.3 Å². The van der Waals surface area contributed by atoms with Crippen LogP contribution < -0.4 is 0 Å². The minimum atomic E-state index is -1.67. The zero-order valence-electron chi connectivity index (χ0n) is 15.8. The normalized spacial score (nSPS) is 34.6. The van der Waals surface area contributed by atoms with Crippen LogP contribution in [0.4, 0.5) is 0 Å². The first-order valence-electron chi connectivity index (χ1n) is 9.16. The summed E-state index contributed by atoms with van der Waals surface area (Å²) in [5.74, 6) is 2.09. The SMILES string of the molecule is C[C@@H](CO[Si](C)(C)C(C)(C)C)[C@H]1CC[C@H]2C(=O)CCC[C@]12C. The van der Waals surface area contributed by atoms with E-state index in [0.29, 0.717) is 23.5 Å². The van der Waals surface area contributed by atoms with E-state index in [1.165, 1.54) is 12.8 Å². The Labute approximate surface area is 138 Å². The highest BCUT2D eigenvalue weighted by Gasteiger charge is 2.52. The molecule has 0 spiro atoms. The Bertz CT molecular complexity index is 424. The number of hydrogen-bond donors (Lipinski definition) is 0. The van der Waals surface area contributed by atoms with Gasteiger partial charge in [0.05, 0.1) is 0 Å². The quantitative estimate of drug-likeness (QED) is 0.644. The van der Waals surface area contributed by atoms with Crippen molar-refractivity contribution in [2.45, 2.75) is 84.9 Å². The number of hydrogen-bond acceptors (Lipinski definition) is 2. The lowest BCUT2D eigenvalue weighted by atomic mass is 9.62. The zero-order chi connectivity index (χ0) is 16.8. The highest BCUT2D eigenvalue weighted by atomic mass is 28.4. The van der Waals surface area contributed by atoms with E-state index in [2.05, 4.69) is 47.7 Å². The van der Waals surface area contributed by atoms with E-state index in [4.69, 9.17) is 4.43 Å². The number of Topliss-reactive ketones (excluding diaryl/α,β-unsaturated/α-hetero) is 1. The average molecular weight is 325 g/mol. The largest absolute Gasteiger partial charge is 0.417 e. The lowest BCUT2D eigenvalue weighted by Gasteiger charge is -2.43. The fourth-order valence-electron chi connectivity index (χ4n) is 4.58. The maximum atomic E-state index is 12.3. The van der Waals surface area contributed by atoms with E-state index < -0.39 is 8.32 Å². The van der Waals surface area contributed by atoms with E-state index in [9.17, 15) is 4.79 Å². The molecule has 22 heavy (non-hydrogen) atoms. The van der Waals surface area contributed by atoms with E-state index in [0.717, 1.165) is 25.9 Å². The maximum absolute atomic E-state index is 12.3. The Kier molecular flexibility index (Phi) is 5.00. The molecule has 0 N–H and O–H groups in total. The smallest absolute Gasteiger partial charge is 0.191 e. The Morgan fingerprint density at radius 1 is 1.32 bits per heavy atom. The molecule has 0 aliphatic heterocycles. The molecule has 0 amide bonds. The molecule has 2 saturated carbocycles. The summed E-state index contributed by atoms with van der Waals surface area (Å²) in [5.41, 5.74) is 0.242. The van der Waals surface area contributed by atoms with Crippen molar-refractivity contribution in [2.24, 2.45) is 23.2 Å². The first-order valence-corrected chi connectivity index (χ1v) is 12.1. The number of carbonyl (C=O) groups is 1. The summed E-state index contributed by atoms with van der Waals surface area (Å²) < 4.78 is 6.47. The Morgan fingerprint density at radius 3 is 2.55 bits per heavy atom. The van der Waals surface area contributed by atoms with E-state index in [-0.39, 0.29) is 10.5 Å². The van der Waals surface area contributed by atoms with Crippen molar-refractivity contribution in [1.82, 2.24) is 0 Å². The number of rotatable bonds is 4. The summed E-state index contributed by atoms with van der Waals surface area (Å²) in [4.78, 5) is 12.3. The second kappa shape index (κ2) is 6.05. The van der Waals surface area contributed by atoms with Crippen LogP contribution in [0, 0.1) is 23.2 Å². The molecule has 2 aliphatic rings. The van der Waals surface area contributed by atoms with E-state index in [1.54, 1.807) is 0 Å². The molecule has 0 radical (unpaired) electrons. The van der Waals surface area contributed by atoms with Crippen LogP contribution in [0.15, 0.2) is 0 Å². The molecule has 128 valence electrons. The molecule has 4 atom stereocenters. The highest BCUT2D eigenvalue weighted by molar-refractivity contribution is 6.74. The van der Waals surface area contributed by atoms with Crippen LogP contribution in [0.25, 0.3) is 0 Å². The van der Waals surface area contributed by atoms with Crippen LogP contribution in [-0.4, -0.2) is 20.7 Å². The number of ketones is 1. The van der Waals surface area contributed by atoms with Gasteiger partial charge in [-0.3, -0.25) is 4.79 Å². The van der Waals surface area contributed by atoms with Gasteiger partial charge < -0.3 is 4.43 Å². The van der Waals surface area contributed by atoms with Gasteiger partial charge in [-0.15, -0.1) is 0 Å². The zero-order valence-corrected chi connectivity index (χ0v) is 16.8. The van der Waals surface area contributed by atoms with Gasteiger partial charge in [-0.2, -0.15) is 0 Å². The first kappa shape index (κ1) is 18.2. The van der Waals surface area contributed by atoms with Crippen LogP contribution in [0.2, 0.25) is 18.1 Å². The third-order valence-electron chi connectivity index (χ3n) is 7.14. The minimum Gasteiger partial charge on any atom is -0.417 e. The summed E-state index contributed by atoms with van der Waals surface area (Å²) in [6.45, 7) is 17.2. The summed E-state index contributed by atoms with van der Waals surface area (Å²) in [7, 11) is -1.67. The molecule has 3 heteroatoms. The molecule has 0 aromatic carbocycles. The fourth-order valence-corrected chi connectivity index (χ4v) is 5.69. The second-order valence-corrected chi connectivity index (χ2v) is 14.4. The second-order valence-electron chi connectivity index (χ2n) is 9.61. The van der Waals surface area contributed by atoms with Crippen molar-refractivity contribution in [2.75, 3.05) is 6.61 Å². The molecule has 0 saturated heterocycles. The van der Waals surface area contributed by atoms with E-state index in [1.807, 2.05) is 0 Å². The van der Waals surface area contributed by atoms with Gasteiger partial charge in [-0.25, -0.2) is 0 Å². The van der Waals surface area contributed by atoms with Crippen molar-refractivity contribution in [3.63, 3.8) is 0 Å². The Balaban J connectivity index is 2.02. The monoisotopic (exact) mass is 324 g/mol. The molecule has 0 aromatic heterocycles. The minimum absolute atomic E-state index is 0.242. The highest BCUT2D eigenvalue weighted by Crippen LogP contribution is 2.56. The van der Waals surface area contributed by atoms with Gasteiger partial charge in [0.15, 0.2) is 8.32 Å². The lowest BCUT2D eigenvalue weighted by molar-refractivity contribution is -0.130. The molecule has 2 fully saturated rings. The molecule has 2 nitrogen and oxygen atoms in total. The summed E-state index contributed by atoms with van der Waals surface area (Å²) in [5, 5.41) is 0.273. The fraction of sp³-hybridized carbons (Fsp3) is 0.947. The van der Waals surface area contributed by atoms with Gasteiger partial charge in [0, 0.05) is 18.9 Å². The van der Waals surface area contributed by atoms with Crippen LogP contribution in [0.5, 0.6) is 0 Å². The predicted octanol–water partition coefficient (Wildman–Crippen LogP) is 5.43. The Morgan fingerprint density at radius 2 is 1.95 bits per heavy atom. The third-order valence-corrected chi connectivity index (χ3v) is 11.6. The lowest BCUT2D eigenvalue weighted by Crippen LogP contribution is -2.44. The Hall–Kier alpha value is -0.153. The third kappa shape index (κ3) is 3.21. The van der Waals surface area contributed by atoms with Crippen molar-refractivity contribution >= 4 is 14.1 Å². The molecule has 2 aliphatic carbocycles. The molecule has 0 bridgehead atoms. The van der Waals surface area contributed by atoms with Gasteiger partial charge in [0.25, 0.3) is 0 Å². The summed E-state index contributed by atoms with van der Waals surface area (Å²) in [6, 6.07) is 0. The number of fused-ring (bicyclic) bond motifs is 1. The van der Waals surface area contributed by atoms with Crippen molar-refractivity contribution in [3.05, 3.63) is 0 Å². The van der Waals surface area contributed by atoms with Crippen molar-refractivity contribution in [1.29, 1.82) is 0 Å². The molecular formula is C19H36O2Si. The van der Waals surface area contributed by atoms with Crippen LogP contribution >= 0.6 is 0 Å². The van der Waals surface area contributed by atoms with Gasteiger partial charge in [-0.1, -0.05) is 34.6 Å². The molecule has 0 unspecified atom stereocenters. The van der Waals surface area contributed by atoms with Gasteiger partial charge in [0.1, 0.15) is 5.78 Å². The van der Waals surface area contributed by atoms with E-state index >= 15 is 0 Å². The average Bonchev–Trinajstić information content (AvgIpc) is 2.73. The standard InChI is InChI=1S/C19H36O2Si/c1-14(13-21-22(6,7)18(2,3)4)15-10-11-16-17(20)9-8-12-19(15,16)5/h14-16H,8-13H2,1-7H3/t14-,15+,16-,19+/m0/s1. The number of carbonyl (C=O) groups excluding carboxylic acids is 1. The van der Waals surface area contributed by atoms with Crippen LogP contribution in [-0.2, 0) is 9.22 Å². The van der Waals surface area contributed by atoms with Crippen LogP contribution in [0.3, 0.4) is 0 Å². The van der Waals surface area contributed by atoms with Crippen LogP contribution in [0.1, 0.15) is 66.7 Å². The molecule has 0 heterocycles. The summed E-state index contributed by atoms with van der Waals surface area (Å²) >= 11 is 0. The molecule has 0 aromatic rings. The van der Waals surface area contributed by atoms with Gasteiger partial charge in [0.2, 0.25) is 0 Å². The maximum Gasteiger partial charge on any atom is 0.191 e. The molecule has 2 rings (SSSR count). The van der Waals surface area contributed by atoms with Crippen molar-refractivity contribution < 1.29 is 9.22 Å². The molecular weight excluding hydrogens is 288 g/mol. The van der Waals surface area contributed by atoms with Gasteiger partial charge in [-0.05, 0) is 61.1 Å². The van der Waals surface area contributed by atoms with Crippen molar-refractivity contribution in [3.8, 4) is 0 Å². The van der Waals surface area contributed by atoms with Gasteiger partial charge >= 0.3 is 0 Å². The summed E-state index contributed by atoms with van der Waals surface area (Å²) in [6.07, 6.45) is 5.48.